The van der Waals surface area contributed by atoms with Crippen LogP contribution in [0.5, 0.6) is 0 Å². The maximum atomic E-state index is 3.58. The van der Waals surface area contributed by atoms with Crippen molar-refractivity contribution < 1.29 is 0 Å². The number of likely N-dealkylation sites (tertiary alicyclic amines) is 1. The van der Waals surface area contributed by atoms with Crippen LogP contribution in [0.2, 0.25) is 0 Å². The minimum atomic E-state index is 0.325. The molecule has 1 aromatic carbocycles. The van der Waals surface area contributed by atoms with E-state index in [1.54, 1.807) is 0 Å². The van der Waals surface area contributed by atoms with E-state index in [-0.39, 0.29) is 0 Å². The molecule has 1 aliphatic heterocycles. The van der Waals surface area contributed by atoms with Gasteiger partial charge in [0.15, 0.2) is 0 Å². The highest BCUT2D eigenvalue weighted by Crippen LogP contribution is 2.31. The summed E-state index contributed by atoms with van der Waals surface area (Å²) < 4.78 is 1.18. The van der Waals surface area contributed by atoms with Crippen molar-refractivity contribution in [1.29, 1.82) is 0 Å². The Labute approximate surface area is 125 Å². The highest BCUT2D eigenvalue weighted by atomic mass is 79.9. The lowest BCUT2D eigenvalue weighted by molar-refractivity contribution is 0.107. The normalized spacial score (nSPS) is 21.3. The van der Waals surface area contributed by atoms with E-state index in [4.69, 9.17) is 0 Å². The lowest BCUT2D eigenvalue weighted by atomic mass is 9.88. The van der Waals surface area contributed by atoms with Crippen LogP contribution in [0.25, 0.3) is 0 Å². The summed E-state index contributed by atoms with van der Waals surface area (Å²) in [7, 11) is 2.08. The number of rotatable bonds is 4. The van der Waals surface area contributed by atoms with Crippen LogP contribution in [0.3, 0.4) is 0 Å². The summed E-state index contributed by atoms with van der Waals surface area (Å²) in [5.41, 5.74) is 1.76. The largest absolute Gasteiger partial charge is 0.314 e. The Bertz CT molecular complexity index is 411. The first kappa shape index (κ1) is 15.0. The van der Waals surface area contributed by atoms with E-state index in [0.717, 1.165) is 0 Å². The van der Waals surface area contributed by atoms with Crippen molar-refractivity contribution in [3.63, 3.8) is 0 Å². The van der Waals surface area contributed by atoms with Crippen LogP contribution in [0.4, 0.5) is 0 Å². The van der Waals surface area contributed by atoms with E-state index >= 15 is 0 Å². The molecule has 0 spiro atoms. The fourth-order valence-electron chi connectivity index (χ4n) is 3.00. The number of nitrogens with zero attached hydrogens (tertiary/aromatic N) is 1. The Morgan fingerprint density at radius 1 is 1.37 bits per heavy atom. The van der Waals surface area contributed by atoms with Gasteiger partial charge in [-0.15, -0.1) is 0 Å². The Morgan fingerprint density at radius 2 is 2.05 bits per heavy atom. The van der Waals surface area contributed by atoms with E-state index in [2.05, 4.69) is 71.3 Å². The van der Waals surface area contributed by atoms with Gasteiger partial charge in [-0.25, -0.2) is 0 Å². The van der Waals surface area contributed by atoms with E-state index < -0.39 is 0 Å². The second kappa shape index (κ2) is 6.38. The average Bonchev–Trinajstić information content (AvgIpc) is 2.42. The third kappa shape index (κ3) is 3.59. The zero-order chi connectivity index (χ0) is 13.9. The van der Waals surface area contributed by atoms with Gasteiger partial charge < -0.3 is 5.32 Å². The second-order valence-electron chi connectivity index (χ2n) is 5.83. The Hall–Kier alpha value is -0.380. The van der Waals surface area contributed by atoms with E-state index in [0.29, 0.717) is 11.6 Å². The van der Waals surface area contributed by atoms with Crippen molar-refractivity contribution in [2.75, 3.05) is 20.1 Å². The molecule has 3 heteroatoms. The van der Waals surface area contributed by atoms with Crippen LogP contribution < -0.4 is 5.32 Å². The third-order valence-corrected chi connectivity index (χ3v) is 5.06. The molecule has 0 saturated carbocycles. The third-order valence-electron chi connectivity index (χ3n) is 4.57. The number of hydrogen-bond donors (Lipinski definition) is 1. The Kier molecular flexibility index (Phi) is 5.04. The van der Waals surface area contributed by atoms with Crippen molar-refractivity contribution in [2.24, 2.45) is 0 Å². The molecule has 0 radical (unpaired) electrons. The molecule has 0 amide bonds. The highest BCUT2D eigenvalue weighted by Gasteiger charge is 2.31. The molecule has 1 aliphatic rings. The molecule has 1 saturated heterocycles. The van der Waals surface area contributed by atoms with Crippen molar-refractivity contribution in [2.45, 2.75) is 44.7 Å². The predicted molar refractivity (Wildman–Crippen MR) is 85.4 cm³/mol. The van der Waals surface area contributed by atoms with Crippen LogP contribution in [0, 0.1) is 0 Å². The SMILES string of the molecule is CCC(c1cccc(Br)c1)N1CCC(C)(NC)CC1. The molecular weight excluding hydrogens is 300 g/mol. The van der Waals surface area contributed by atoms with Gasteiger partial charge in [-0.3, -0.25) is 4.90 Å². The van der Waals surface area contributed by atoms with Gasteiger partial charge in [0.1, 0.15) is 0 Å². The van der Waals surface area contributed by atoms with Gasteiger partial charge in [-0.05, 0) is 50.9 Å². The summed E-state index contributed by atoms with van der Waals surface area (Å²) in [5, 5.41) is 3.47. The van der Waals surface area contributed by atoms with Crippen molar-refractivity contribution in [3.8, 4) is 0 Å². The average molecular weight is 325 g/mol. The molecule has 1 unspecified atom stereocenters. The summed E-state index contributed by atoms with van der Waals surface area (Å²) in [4.78, 5) is 2.64. The Morgan fingerprint density at radius 3 is 2.58 bits per heavy atom. The molecule has 19 heavy (non-hydrogen) atoms. The molecule has 2 rings (SSSR count). The predicted octanol–water partition coefficient (Wildman–Crippen LogP) is 3.97. The molecule has 1 heterocycles. The smallest absolute Gasteiger partial charge is 0.0345 e. The quantitative estimate of drug-likeness (QED) is 0.901. The summed E-state index contributed by atoms with van der Waals surface area (Å²) in [6.45, 7) is 6.99. The monoisotopic (exact) mass is 324 g/mol. The van der Waals surface area contributed by atoms with Crippen LogP contribution >= 0.6 is 15.9 Å². The van der Waals surface area contributed by atoms with E-state index in [9.17, 15) is 0 Å². The standard InChI is InChI=1S/C16H25BrN2/c1-4-15(13-6-5-7-14(17)12-13)19-10-8-16(2,18-3)9-11-19/h5-7,12,15,18H,4,8-11H2,1-3H3. The number of hydrogen-bond acceptors (Lipinski definition) is 2. The van der Waals surface area contributed by atoms with Crippen LogP contribution in [0.1, 0.15) is 44.7 Å². The van der Waals surface area contributed by atoms with Gasteiger partial charge in [-0.2, -0.15) is 0 Å². The fourth-order valence-corrected chi connectivity index (χ4v) is 3.41. The summed E-state index contributed by atoms with van der Waals surface area (Å²) in [6.07, 6.45) is 3.63. The minimum absolute atomic E-state index is 0.325. The molecule has 1 aromatic rings. The number of benzene rings is 1. The molecule has 0 aliphatic carbocycles. The van der Waals surface area contributed by atoms with Crippen molar-refractivity contribution in [1.82, 2.24) is 10.2 Å². The molecule has 0 bridgehead atoms. The second-order valence-corrected chi connectivity index (χ2v) is 6.74. The maximum absolute atomic E-state index is 3.58. The first-order chi connectivity index (χ1) is 9.08. The molecular formula is C16H25BrN2. The van der Waals surface area contributed by atoms with Gasteiger partial charge in [0.2, 0.25) is 0 Å². The Balaban J connectivity index is 2.08. The molecule has 0 aromatic heterocycles. The number of nitrogens with one attached hydrogen (secondary N) is 1. The lowest BCUT2D eigenvalue weighted by Crippen LogP contribution is -2.50. The molecule has 1 N–H and O–H groups in total. The molecule has 1 fully saturated rings. The van der Waals surface area contributed by atoms with Crippen LogP contribution in [-0.4, -0.2) is 30.6 Å². The lowest BCUT2D eigenvalue weighted by Gasteiger charge is -2.42. The van der Waals surface area contributed by atoms with Gasteiger partial charge in [0, 0.05) is 29.1 Å². The molecule has 1 atom stereocenters. The maximum Gasteiger partial charge on any atom is 0.0345 e. The highest BCUT2D eigenvalue weighted by molar-refractivity contribution is 9.10. The summed E-state index contributed by atoms with van der Waals surface area (Å²) >= 11 is 3.58. The van der Waals surface area contributed by atoms with E-state index in [1.807, 2.05) is 0 Å². The van der Waals surface area contributed by atoms with Gasteiger partial charge >= 0.3 is 0 Å². The van der Waals surface area contributed by atoms with Crippen molar-refractivity contribution in [3.05, 3.63) is 34.3 Å². The van der Waals surface area contributed by atoms with E-state index in [1.165, 1.54) is 42.4 Å². The van der Waals surface area contributed by atoms with Crippen LogP contribution in [-0.2, 0) is 0 Å². The first-order valence-electron chi connectivity index (χ1n) is 7.26. The first-order valence-corrected chi connectivity index (χ1v) is 8.06. The van der Waals surface area contributed by atoms with Gasteiger partial charge in [0.25, 0.3) is 0 Å². The number of halogens is 1. The molecule has 106 valence electrons. The minimum Gasteiger partial charge on any atom is -0.314 e. The topological polar surface area (TPSA) is 15.3 Å². The fraction of sp³-hybridized carbons (Fsp3) is 0.625. The zero-order valence-corrected chi connectivity index (χ0v) is 13.8. The van der Waals surface area contributed by atoms with Gasteiger partial charge in [0.05, 0.1) is 0 Å². The van der Waals surface area contributed by atoms with Crippen LogP contribution in [0.15, 0.2) is 28.7 Å². The zero-order valence-electron chi connectivity index (χ0n) is 12.2. The number of piperidine rings is 1. The summed E-state index contributed by atoms with van der Waals surface area (Å²) in [5.74, 6) is 0. The molecule has 2 nitrogen and oxygen atoms in total. The summed E-state index contributed by atoms with van der Waals surface area (Å²) in [6, 6.07) is 9.32. The van der Waals surface area contributed by atoms with Gasteiger partial charge in [-0.1, -0.05) is 35.0 Å². The van der Waals surface area contributed by atoms with Crippen molar-refractivity contribution >= 4 is 15.9 Å².